The van der Waals surface area contributed by atoms with Crippen LogP contribution in [-0.2, 0) is 11.2 Å². The van der Waals surface area contributed by atoms with Gasteiger partial charge < -0.3 is 15.4 Å². The molecule has 30 heavy (non-hydrogen) atoms. The summed E-state index contributed by atoms with van der Waals surface area (Å²) in [6.07, 6.45) is 2.75. The van der Waals surface area contributed by atoms with Crippen molar-refractivity contribution in [1.82, 2.24) is 0 Å². The van der Waals surface area contributed by atoms with E-state index in [0.717, 1.165) is 18.4 Å². The average molecular weight is 426 g/mol. The van der Waals surface area contributed by atoms with Crippen molar-refractivity contribution in [3.63, 3.8) is 0 Å². The maximum absolute atomic E-state index is 13.4. The van der Waals surface area contributed by atoms with E-state index in [1.807, 2.05) is 48.5 Å². The second-order valence-corrected chi connectivity index (χ2v) is 10.0. The minimum absolute atomic E-state index is 0.0642. The van der Waals surface area contributed by atoms with Crippen LogP contribution >= 0.6 is 11.8 Å². The molecule has 6 unspecified atom stereocenters. The summed E-state index contributed by atoms with van der Waals surface area (Å²) in [7, 11) is 0. The summed E-state index contributed by atoms with van der Waals surface area (Å²) in [5.41, 5.74) is 0.826. The lowest BCUT2D eigenvalue weighted by Crippen LogP contribution is -3.12. The van der Waals surface area contributed by atoms with E-state index < -0.39 is 5.72 Å². The van der Waals surface area contributed by atoms with Gasteiger partial charge in [-0.2, -0.15) is 0 Å². The number of fused-ring (bicyclic) bond motifs is 1. The summed E-state index contributed by atoms with van der Waals surface area (Å²) >= 11 is 1.80. The molecular weight excluding hydrogens is 396 g/mol. The van der Waals surface area contributed by atoms with Crippen LogP contribution in [0.15, 0.2) is 60.7 Å². The Bertz CT molecular complexity index is 907. The monoisotopic (exact) mass is 425 g/mol. The number of quaternary nitrogens is 2. The molecule has 0 radical (unpaired) electrons. The van der Waals surface area contributed by atoms with Gasteiger partial charge in [0, 0.05) is 12.8 Å². The molecule has 6 atom stereocenters. The van der Waals surface area contributed by atoms with E-state index in [-0.39, 0.29) is 32.8 Å². The van der Waals surface area contributed by atoms with Crippen LogP contribution in [0, 0.1) is 5.21 Å². The van der Waals surface area contributed by atoms with Crippen molar-refractivity contribution in [3.05, 3.63) is 77.0 Å². The molecule has 0 bridgehead atoms. The van der Waals surface area contributed by atoms with Crippen molar-refractivity contribution in [2.75, 3.05) is 12.4 Å². The first-order valence-corrected chi connectivity index (χ1v) is 12.0. The fourth-order valence-electron chi connectivity index (χ4n) is 5.99. The van der Waals surface area contributed by atoms with Gasteiger partial charge in [0.2, 0.25) is 11.9 Å². The van der Waals surface area contributed by atoms with Gasteiger partial charge in [-0.1, -0.05) is 72.4 Å². The number of carbonyl (C=O) groups is 1. The molecule has 0 amide bonds. The minimum atomic E-state index is -1.45. The molecule has 3 aliphatic rings. The van der Waals surface area contributed by atoms with Gasteiger partial charge in [-0.05, 0) is 24.0 Å². The fourth-order valence-corrected chi connectivity index (χ4v) is 7.87. The predicted octanol–water partition coefficient (Wildman–Crippen LogP) is 2.41. The third-order valence-corrected chi connectivity index (χ3v) is 8.98. The molecule has 5 rings (SSSR count). The van der Waals surface area contributed by atoms with Gasteiger partial charge in [0.15, 0.2) is 6.04 Å². The summed E-state index contributed by atoms with van der Waals surface area (Å²) < 4.78 is 0.226. The van der Waals surface area contributed by atoms with Crippen LogP contribution in [0.4, 0.5) is 0 Å². The second kappa shape index (κ2) is 7.77. The lowest BCUT2D eigenvalue weighted by Gasteiger charge is -2.50. The van der Waals surface area contributed by atoms with Crippen molar-refractivity contribution >= 4 is 17.5 Å². The Morgan fingerprint density at radius 2 is 1.80 bits per heavy atom. The zero-order valence-corrected chi connectivity index (χ0v) is 17.9. The number of hydrogen-bond donors (Lipinski definition) is 2. The summed E-state index contributed by atoms with van der Waals surface area (Å²) in [6, 6.07) is 20.3. The number of aliphatic hydroxyl groups is 1. The van der Waals surface area contributed by atoms with E-state index in [1.54, 1.807) is 11.8 Å². The van der Waals surface area contributed by atoms with Crippen LogP contribution in [0.1, 0.15) is 42.1 Å². The number of thioether (sulfide) groups is 1. The Balaban J connectivity index is 1.60. The maximum atomic E-state index is 13.4. The highest BCUT2D eigenvalue weighted by Gasteiger charge is 2.72. The van der Waals surface area contributed by atoms with Crippen LogP contribution in [0.5, 0.6) is 0 Å². The molecular formula is C24H29N2O3S+. The third kappa shape index (κ3) is 2.97. The molecule has 2 saturated heterocycles. The molecule has 1 aliphatic carbocycles. The van der Waals surface area contributed by atoms with E-state index in [1.165, 1.54) is 5.56 Å². The van der Waals surface area contributed by atoms with Crippen molar-refractivity contribution in [2.24, 2.45) is 0 Å². The van der Waals surface area contributed by atoms with E-state index in [4.69, 9.17) is 0 Å². The van der Waals surface area contributed by atoms with E-state index in [0.29, 0.717) is 31.7 Å². The molecule has 1 saturated carbocycles. The maximum Gasteiger partial charge on any atom is 0.266 e. The molecule has 158 valence electrons. The molecule has 2 aromatic rings. The van der Waals surface area contributed by atoms with Gasteiger partial charge in [0.1, 0.15) is 12.4 Å². The van der Waals surface area contributed by atoms with Crippen molar-refractivity contribution < 1.29 is 19.4 Å². The SMILES string of the molecule is O=C1CCCCC1(O)[N+]12CSC(c3ccccc3)C1C[NH+]([O-])C2Cc1ccccc1. The summed E-state index contributed by atoms with van der Waals surface area (Å²) in [6.45, 7) is 0.430. The fraction of sp³-hybridized carbons (Fsp3) is 0.458. The number of nitrogens with zero attached hydrogens (tertiary/aromatic N) is 1. The number of carbonyl (C=O) groups excluding carboxylic acids is 1. The number of nitrogens with one attached hydrogen (secondary N) is 1. The molecule has 2 aromatic carbocycles. The van der Waals surface area contributed by atoms with Crippen LogP contribution in [0.2, 0.25) is 0 Å². The Labute approximate surface area is 181 Å². The highest BCUT2D eigenvalue weighted by molar-refractivity contribution is 7.99. The van der Waals surface area contributed by atoms with Gasteiger partial charge in [-0.3, -0.25) is 4.79 Å². The van der Waals surface area contributed by atoms with Crippen LogP contribution in [0.25, 0.3) is 0 Å². The van der Waals surface area contributed by atoms with Gasteiger partial charge in [-0.15, -0.1) is 0 Å². The van der Waals surface area contributed by atoms with E-state index in [2.05, 4.69) is 12.1 Å². The topological polar surface area (TPSA) is 64.8 Å². The highest BCUT2D eigenvalue weighted by Crippen LogP contribution is 2.54. The van der Waals surface area contributed by atoms with E-state index >= 15 is 0 Å². The molecule has 6 heteroatoms. The van der Waals surface area contributed by atoms with Gasteiger partial charge in [0.25, 0.3) is 5.72 Å². The second-order valence-electron chi connectivity index (χ2n) is 8.95. The summed E-state index contributed by atoms with van der Waals surface area (Å²) in [5.74, 6) is 0.538. The summed E-state index contributed by atoms with van der Waals surface area (Å²) in [4.78, 5) is 13.2. The molecule has 0 aromatic heterocycles. The van der Waals surface area contributed by atoms with Crippen LogP contribution < -0.4 is 5.06 Å². The standard InChI is InChI=1S/C24H29N2O3S/c27-21-13-7-8-14-24(21,28)26-17-30-23(19-11-5-2-6-12-19)20(26)16-25(29)22(26)15-18-9-3-1-4-10-18/h1-6,9-12,20,22-23,25,28H,7-8,13-17H2/q+1. The number of Topliss-reactive ketones (excluding diaryl/α,β-unsaturated/α-hetero) is 1. The highest BCUT2D eigenvalue weighted by atomic mass is 32.2. The van der Waals surface area contributed by atoms with Gasteiger partial charge in [0.05, 0.1) is 11.7 Å². The lowest BCUT2D eigenvalue weighted by molar-refractivity contribution is -1.09. The van der Waals surface area contributed by atoms with Crippen molar-refractivity contribution in [3.8, 4) is 0 Å². The number of ketones is 1. The van der Waals surface area contributed by atoms with E-state index in [9.17, 15) is 15.1 Å². The molecule has 5 nitrogen and oxygen atoms in total. The molecule has 0 spiro atoms. The zero-order chi connectivity index (χ0) is 20.8. The molecule has 2 aliphatic heterocycles. The smallest absolute Gasteiger partial charge is 0.266 e. The average Bonchev–Trinajstić information content (AvgIpc) is 3.28. The number of hydrogen-bond acceptors (Lipinski definition) is 4. The van der Waals surface area contributed by atoms with Gasteiger partial charge >= 0.3 is 0 Å². The first-order valence-electron chi connectivity index (χ1n) is 10.9. The Morgan fingerprint density at radius 3 is 2.50 bits per heavy atom. The van der Waals surface area contributed by atoms with Gasteiger partial charge in [-0.25, -0.2) is 4.48 Å². The third-order valence-electron chi connectivity index (χ3n) is 7.46. The van der Waals surface area contributed by atoms with Crippen LogP contribution in [0.3, 0.4) is 0 Å². The summed E-state index contributed by atoms with van der Waals surface area (Å²) in [5, 5.41) is 25.7. The molecule has 3 fully saturated rings. The quantitative estimate of drug-likeness (QED) is 0.583. The van der Waals surface area contributed by atoms with Crippen molar-refractivity contribution in [2.45, 2.75) is 55.3 Å². The molecule has 2 N–H and O–H groups in total. The first kappa shape index (κ1) is 20.2. The number of rotatable bonds is 4. The largest absolute Gasteiger partial charge is 0.630 e. The normalized spacial score (nSPS) is 38.5. The Morgan fingerprint density at radius 1 is 1.10 bits per heavy atom. The predicted molar refractivity (Wildman–Crippen MR) is 117 cm³/mol. The van der Waals surface area contributed by atoms with Crippen LogP contribution in [-0.4, -0.2) is 45.7 Å². The van der Waals surface area contributed by atoms with Crippen molar-refractivity contribution in [1.29, 1.82) is 0 Å². The number of benzene rings is 2. The Hall–Kier alpha value is -1.70. The number of hydroxylamine groups is 2. The Kier molecular flexibility index (Phi) is 5.24. The zero-order valence-electron chi connectivity index (χ0n) is 17.1. The molecule has 2 heterocycles. The minimum Gasteiger partial charge on any atom is -0.630 e. The lowest BCUT2D eigenvalue weighted by atomic mass is 9.84. The first-order chi connectivity index (χ1) is 14.6.